The van der Waals surface area contributed by atoms with Gasteiger partial charge in [0.05, 0.1) is 31.6 Å². The molecule has 19 heavy (non-hydrogen) atoms. The highest BCUT2D eigenvalue weighted by atomic mass is 35.5. The number of halogens is 1. The van der Waals surface area contributed by atoms with Gasteiger partial charge >= 0.3 is 0 Å². The van der Waals surface area contributed by atoms with Crippen molar-refractivity contribution in [3.05, 3.63) is 22.8 Å². The van der Waals surface area contributed by atoms with Crippen LogP contribution in [0.25, 0.3) is 0 Å². The van der Waals surface area contributed by atoms with Crippen molar-refractivity contribution in [3.63, 3.8) is 0 Å². The summed E-state index contributed by atoms with van der Waals surface area (Å²) in [6.45, 7) is 5.96. The molecule has 1 aromatic rings. The predicted molar refractivity (Wildman–Crippen MR) is 73.5 cm³/mol. The number of rotatable bonds is 6. The molecule has 6 heteroatoms. The van der Waals surface area contributed by atoms with Crippen molar-refractivity contribution in [1.82, 2.24) is 4.98 Å². The largest absolute Gasteiger partial charge is 0.543 e. The summed E-state index contributed by atoms with van der Waals surface area (Å²) < 4.78 is 0. The molecule has 1 rings (SSSR count). The van der Waals surface area contributed by atoms with Gasteiger partial charge in [-0.3, -0.25) is 0 Å². The van der Waals surface area contributed by atoms with E-state index in [0.29, 0.717) is 12.4 Å². The molecule has 0 aromatic carbocycles. The first-order chi connectivity index (χ1) is 8.71. The van der Waals surface area contributed by atoms with E-state index in [1.54, 1.807) is 6.07 Å². The van der Waals surface area contributed by atoms with E-state index >= 15 is 0 Å². The van der Waals surface area contributed by atoms with E-state index in [0.717, 1.165) is 6.54 Å². The number of aromatic nitrogens is 1. The molecule has 2 N–H and O–H groups in total. The van der Waals surface area contributed by atoms with E-state index in [2.05, 4.69) is 38.2 Å². The van der Waals surface area contributed by atoms with E-state index in [-0.39, 0.29) is 16.1 Å². The molecule has 0 amide bonds. The maximum Gasteiger partial charge on any atom is 0.126 e. The first-order valence-corrected chi connectivity index (χ1v) is 6.50. The molecule has 0 atom stereocenters. The lowest BCUT2D eigenvalue weighted by molar-refractivity contribution is -0.865. The summed E-state index contributed by atoms with van der Waals surface area (Å²) in [5.74, 6) is -0.879. The van der Waals surface area contributed by atoms with Gasteiger partial charge in [0.25, 0.3) is 0 Å². The summed E-state index contributed by atoms with van der Waals surface area (Å²) in [6.07, 6.45) is 0. The smallest absolute Gasteiger partial charge is 0.126 e. The minimum atomic E-state index is -1.37. The molecule has 0 aliphatic heterocycles. The Morgan fingerprint density at radius 2 is 2.11 bits per heavy atom. The SMILES string of the molecule is C[NH+](C)CC(C)(C)CNc1ccc(Cl)c(C(=O)[O-])n1. The molecule has 0 bridgehead atoms. The maximum absolute atomic E-state index is 10.8. The van der Waals surface area contributed by atoms with E-state index < -0.39 is 5.97 Å². The van der Waals surface area contributed by atoms with Gasteiger partial charge in [0.15, 0.2) is 0 Å². The van der Waals surface area contributed by atoms with Crippen LogP contribution in [0.5, 0.6) is 0 Å². The number of carboxylic acids is 1. The van der Waals surface area contributed by atoms with Crippen molar-refractivity contribution in [2.75, 3.05) is 32.5 Å². The van der Waals surface area contributed by atoms with Gasteiger partial charge in [-0.15, -0.1) is 0 Å². The fourth-order valence-electron chi connectivity index (χ4n) is 2.03. The second-order valence-electron chi connectivity index (χ2n) is 5.72. The molecule has 0 fully saturated rings. The minimum absolute atomic E-state index is 0.0712. The van der Waals surface area contributed by atoms with E-state index in [1.165, 1.54) is 11.0 Å². The Morgan fingerprint density at radius 3 is 2.63 bits per heavy atom. The van der Waals surface area contributed by atoms with Crippen LogP contribution in [-0.2, 0) is 0 Å². The van der Waals surface area contributed by atoms with Crippen molar-refractivity contribution < 1.29 is 14.8 Å². The summed E-state index contributed by atoms with van der Waals surface area (Å²) >= 11 is 5.74. The topological polar surface area (TPSA) is 69.5 Å². The normalized spacial score (nSPS) is 11.7. The summed E-state index contributed by atoms with van der Waals surface area (Å²) in [5.41, 5.74) is -0.162. The summed E-state index contributed by atoms with van der Waals surface area (Å²) in [5, 5.41) is 14.1. The van der Waals surface area contributed by atoms with Crippen LogP contribution in [0.3, 0.4) is 0 Å². The third-order valence-electron chi connectivity index (χ3n) is 2.62. The lowest BCUT2D eigenvalue weighted by atomic mass is 9.93. The Bertz CT molecular complexity index is 461. The van der Waals surface area contributed by atoms with Gasteiger partial charge in [0.2, 0.25) is 0 Å². The maximum atomic E-state index is 10.8. The zero-order chi connectivity index (χ0) is 14.6. The van der Waals surface area contributed by atoms with Crippen LogP contribution in [0.1, 0.15) is 24.3 Å². The molecule has 0 unspecified atom stereocenters. The third-order valence-corrected chi connectivity index (χ3v) is 2.92. The van der Waals surface area contributed by atoms with Gasteiger partial charge in [0.1, 0.15) is 11.5 Å². The number of nitrogens with one attached hydrogen (secondary N) is 2. The molecule has 5 nitrogen and oxygen atoms in total. The molecule has 106 valence electrons. The lowest BCUT2D eigenvalue weighted by Crippen LogP contribution is -3.07. The van der Waals surface area contributed by atoms with Crippen molar-refractivity contribution in [3.8, 4) is 0 Å². The fraction of sp³-hybridized carbons (Fsp3) is 0.538. The molecule has 0 aliphatic rings. The number of anilines is 1. The monoisotopic (exact) mass is 285 g/mol. The Balaban J connectivity index is 2.73. The number of hydrogen-bond donors (Lipinski definition) is 2. The highest BCUT2D eigenvalue weighted by Gasteiger charge is 2.21. The van der Waals surface area contributed by atoms with Crippen LogP contribution >= 0.6 is 11.6 Å². The molecule has 0 saturated carbocycles. The Labute approximate surface area is 118 Å². The Hall–Kier alpha value is -1.33. The fourth-order valence-corrected chi connectivity index (χ4v) is 2.22. The van der Waals surface area contributed by atoms with E-state index in [9.17, 15) is 9.90 Å². The molecular weight excluding hydrogens is 266 g/mol. The van der Waals surface area contributed by atoms with Crippen molar-refractivity contribution in [2.45, 2.75) is 13.8 Å². The highest BCUT2D eigenvalue weighted by Crippen LogP contribution is 2.18. The number of quaternary nitrogens is 1. The van der Waals surface area contributed by atoms with Crippen LogP contribution in [-0.4, -0.2) is 38.1 Å². The first-order valence-electron chi connectivity index (χ1n) is 6.12. The van der Waals surface area contributed by atoms with Crippen molar-refractivity contribution >= 4 is 23.4 Å². The summed E-state index contributed by atoms with van der Waals surface area (Å²) in [4.78, 5) is 16.1. The van der Waals surface area contributed by atoms with Crippen LogP contribution in [0, 0.1) is 5.41 Å². The minimum Gasteiger partial charge on any atom is -0.543 e. The molecule has 0 saturated heterocycles. The Kier molecular flexibility index (Phi) is 5.14. The molecule has 0 spiro atoms. The number of carbonyl (C=O) groups excluding carboxylic acids is 1. The number of hydrogen-bond acceptors (Lipinski definition) is 4. The number of nitrogens with zero attached hydrogens (tertiary/aromatic N) is 1. The number of carbonyl (C=O) groups is 1. The second-order valence-corrected chi connectivity index (χ2v) is 6.12. The quantitative estimate of drug-likeness (QED) is 0.752. The average Bonchev–Trinajstić information content (AvgIpc) is 2.26. The van der Waals surface area contributed by atoms with Crippen molar-refractivity contribution in [2.24, 2.45) is 5.41 Å². The van der Waals surface area contributed by atoms with Gasteiger partial charge in [0, 0.05) is 12.0 Å². The van der Waals surface area contributed by atoms with Crippen LogP contribution in [0.15, 0.2) is 12.1 Å². The molecule has 0 radical (unpaired) electrons. The summed E-state index contributed by atoms with van der Waals surface area (Å²) in [6, 6.07) is 3.17. The van der Waals surface area contributed by atoms with Gasteiger partial charge < -0.3 is 20.1 Å². The molecular formula is C13H20ClN3O2. The van der Waals surface area contributed by atoms with Crippen LogP contribution in [0.4, 0.5) is 5.82 Å². The van der Waals surface area contributed by atoms with Crippen molar-refractivity contribution in [1.29, 1.82) is 0 Å². The van der Waals surface area contributed by atoms with E-state index in [4.69, 9.17) is 11.6 Å². The first kappa shape index (κ1) is 15.7. The molecule has 1 heterocycles. The number of carboxylic acid groups (broad SMARTS) is 1. The van der Waals surface area contributed by atoms with Gasteiger partial charge in [-0.25, -0.2) is 4.98 Å². The number of pyridine rings is 1. The predicted octanol–water partition coefficient (Wildman–Crippen LogP) is -0.319. The average molecular weight is 286 g/mol. The standard InChI is InChI=1S/C13H20ClN3O2/c1-13(2,8-17(3)4)7-15-10-6-5-9(14)11(16-10)12(18)19/h5-6H,7-8H2,1-4H3,(H,15,16)(H,18,19). The van der Waals surface area contributed by atoms with Gasteiger partial charge in [-0.1, -0.05) is 25.4 Å². The number of aromatic carboxylic acids is 1. The zero-order valence-electron chi connectivity index (χ0n) is 11.7. The highest BCUT2D eigenvalue weighted by molar-refractivity contribution is 6.33. The van der Waals surface area contributed by atoms with Gasteiger partial charge in [-0.2, -0.15) is 0 Å². The van der Waals surface area contributed by atoms with Gasteiger partial charge in [-0.05, 0) is 12.1 Å². The van der Waals surface area contributed by atoms with Crippen LogP contribution in [0.2, 0.25) is 5.02 Å². The lowest BCUT2D eigenvalue weighted by Gasteiger charge is -2.26. The molecule has 0 aliphatic carbocycles. The van der Waals surface area contributed by atoms with E-state index in [1.807, 2.05) is 0 Å². The second kappa shape index (κ2) is 6.21. The van der Waals surface area contributed by atoms with Crippen LogP contribution < -0.4 is 15.3 Å². The zero-order valence-corrected chi connectivity index (χ0v) is 12.5. The third kappa shape index (κ3) is 5.04. The Morgan fingerprint density at radius 1 is 1.47 bits per heavy atom. The molecule has 1 aromatic heterocycles. The summed E-state index contributed by atoms with van der Waals surface area (Å²) in [7, 11) is 4.19.